The Balaban J connectivity index is 1.70. The molecule has 0 aliphatic carbocycles. The number of aryl methyl sites for hydroxylation is 1. The fourth-order valence-corrected chi connectivity index (χ4v) is 3.82. The average molecular weight is 396 g/mol. The molecule has 0 aliphatic rings. The molecule has 1 atom stereocenters. The monoisotopic (exact) mass is 396 g/mol. The Labute approximate surface area is 172 Å². The van der Waals surface area contributed by atoms with Gasteiger partial charge in [0.15, 0.2) is 5.65 Å². The van der Waals surface area contributed by atoms with Crippen molar-refractivity contribution in [2.75, 3.05) is 0 Å². The van der Waals surface area contributed by atoms with Crippen molar-refractivity contribution in [3.63, 3.8) is 0 Å². The molecule has 5 aromatic rings. The first-order valence-electron chi connectivity index (χ1n) is 9.83. The van der Waals surface area contributed by atoms with Gasteiger partial charge in [0, 0.05) is 12.3 Å². The molecule has 0 saturated carbocycles. The van der Waals surface area contributed by atoms with E-state index in [1.165, 1.54) is 6.33 Å². The first-order chi connectivity index (χ1) is 14.6. The van der Waals surface area contributed by atoms with Crippen LogP contribution in [-0.4, -0.2) is 29.5 Å². The number of rotatable bonds is 4. The number of H-pyrrole nitrogens is 1. The zero-order valence-electron chi connectivity index (χ0n) is 16.7. The lowest BCUT2D eigenvalue weighted by atomic mass is 10.0. The van der Waals surface area contributed by atoms with E-state index in [2.05, 4.69) is 26.9 Å². The standard InChI is InChI=1S/C23H20N6O/c1-14-8-9-18-17(10-14)23(30)29(16-6-4-3-5-7-16)22(28-18)15(2)11-19-20-21(26-12-24-19)27-13-25-20/h3-10,12-13,15H,11H2,1-2H3,(H,24,25,26,27)/t15-/m1/s1. The summed E-state index contributed by atoms with van der Waals surface area (Å²) in [7, 11) is 0. The Morgan fingerprint density at radius 3 is 2.73 bits per heavy atom. The van der Waals surface area contributed by atoms with Gasteiger partial charge in [-0.15, -0.1) is 0 Å². The SMILES string of the molecule is Cc1ccc2nc([C@H](C)Cc3ncnc4nc[nH]c34)n(-c3ccccc3)c(=O)c2c1. The van der Waals surface area contributed by atoms with Crippen LogP contribution in [0.4, 0.5) is 0 Å². The number of imidazole rings is 1. The summed E-state index contributed by atoms with van der Waals surface area (Å²) in [6.45, 7) is 4.04. The van der Waals surface area contributed by atoms with Gasteiger partial charge in [-0.25, -0.2) is 19.9 Å². The van der Waals surface area contributed by atoms with E-state index in [9.17, 15) is 4.79 Å². The summed E-state index contributed by atoms with van der Waals surface area (Å²) < 4.78 is 1.72. The van der Waals surface area contributed by atoms with Crippen LogP contribution < -0.4 is 5.56 Å². The van der Waals surface area contributed by atoms with Crippen LogP contribution >= 0.6 is 0 Å². The fraction of sp³-hybridized carbons (Fsp3) is 0.174. The molecule has 148 valence electrons. The Kier molecular flexibility index (Phi) is 4.35. The molecular weight excluding hydrogens is 376 g/mol. The molecule has 7 heteroatoms. The van der Waals surface area contributed by atoms with Crippen molar-refractivity contribution >= 4 is 22.1 Å². The number of aromatic amines is 1. The van der Waals surface area contributed by atoms with E-state index in [4.69, 9.17) is 4.98 Å². The number of hydrogen-bond acceptors (Lipinski definition) is 5. The van der Waals surface area contributed by atoms with Gasteiger partial charge in [-0.05, 0) is 31.2 Å². The van der Waals surface area contributed by atoms with Gasteiger partial charge < -0.3 is 4.98 Å². The van der Waals surface area contributed by atoms with Crippen molar-refractivity contribution in [1.29, 1.82) is 0 Å². The molecule has 3 heterocycles. The minimum atomic E-state index is -0.0648. The highest BCUT2D eigenvalue weighted by Crippen LogP contribution is 2.24. The number of fused-ring (bicyclic) bond motifs is 2. The van der Waals surface area contributed by atoms with E-state index in [-0.39, 0.29) is 11.5 Å². The highest BCUT2D eigenvalue weighted by molar-refractivity contribution is 5.79. The second-order valence-corrected chi connectivity index (χ2v) is 7.49. The van der Waals surface area contributed by atoms with E-state index < -0.39 is 0 Å². The summed E-state index contributed by atoms with van der Waals surface area (Å²) in [6, 6.07) is 15.4. The highest BCUT2D eigenvalue weighted by Gasteiger charge is 2.20. The Morgan fingerprint density at radius 2 is 1.90 bits per heavy atom. The maximum atomic E-state index is 13.5. The molecule has 0 unspecified atom stereocenters. The lowest BCUT2D eigenvalue weighted by Crippen LogP contribution is -2.26. The molecule has 0 saturated heterocycles. The zero-order valence-corrected chi connectivity index (χ0v) is 16.7. The van der Waals surface area contributed by atoms with E-state index in [1.807, 2.05) is 55.5 Å². The zero-order chi connectivity index (χ0) is 20.7. The van der Waals surface area contributed by atoms with Crippen LogP contribution in [0.2, 0.25) is 0 Å². The highest BCUT2D eigenvalue weighted by atomic mass is 16.1. The van der Waals surface area contributed by atoms with Crippen molar-refractivity contribution in [2.45, 2.75) is 26.2 Å². The molecule has 0 bridgehead atoms. The lowest BCUT2D eigenvalue weighted by Gasteiger charge is -2.18. The number of aromatic nitrogens is 6. The molecule has 0 amide bonds. The molecule has 0 fully saturated rings. The molecule has 1 N–H and O–H groups in total. The maximum Gasteiger partial charge on any atom is 0.265 e. The molecule has 30 heavy (non-hydrogen) atoms. The van der Waals surface area contributed by atoms with Crippen LogP contribution in [0.1, 0.15) is 29.9 Å². The summed E-state index contributed by atoms with van der Waals surface area (Å²) >= 11 is 0. The molecule has 0 spiro atoms. The van der Waals surface area contributed by atoms with Gasteiger partial charge in [0.1, 0.15) is 17.7 Å². The third-order valence-electron chi connectivity index (χ3n) is 5.31. The molecule has 0 aliphatic heterocycles. The van der Waals surface area contributed by atoms with Gasteiger partial charge in [-0.2, -0.15) is 0 Å². The minimum Gasteiger partial charge on any atom is -0.342 e. The molecule has 7 nitrogen and oxygen atoms in total. The Hall–Kier alpha value is -3.87. The molecule has 5 rings (SSSR count). The first-order valence-corrected chi connectivity index (χ1v) is 9.83. The Bertz CT molecular complexity index is 1420. The number of hydrogen-bond donors (Lipinski definition) is 1. The minimum absolute atomic E-state index is 0.0638. The normalized spacial score (nSPS) is 12.5. The number of nitrogens with one attached hydrogen (secondary N) is 1. The number of para-hydroxylation sites is 1. The van der Waals surface area contributed by atoms with Crippen molar-refractivity contribution in [2.24, 2.45) is 0 Å². The molecule has 3 aromatic heterocycles. The number of nitrogens with zero attached hydrogens (tertiary/aromatic N) is 5. The summed E-state index contributed by atoms with van der Waals surface area (Å²) in [5.74, 6) is 0.638. The quantitative estimate of drug-likeness (QED) is 0.500. The van der Waals surface area contributed by atoms with Gasteiger partial charge in [0.25, 0.3) is 5.56 Å². The van der Waals surface area contributed by atoms with Gasteiger partial charge in [0.05, 0.1) is 28.6 Å². The Morgan fingerprint density at radius 1 is 1.07 bits per heavy atom. The van der Waals surface area contributed by atoms with Crippen LogP contribution in [0.3, 0.4) is 0 Å². The summed E-state index contributed by atoms with van der Waals surface area (Å²) in [5, 5.41) is 0.618. The summed E-state index contributed by atoms with van der Waals surface area (Å²) in [5.41, 5.74) is 4.77. The van der Waals surface area contributed by atoms with Gasteiger partial charge in [-0.3, -0.25) is 9.36 Å². The van der Waals surface area contributed by atoms with Crippen LogP contribution in [0.15, 0.2) is 66.0 Å². The third-order valence-corrected chi connectivity index (χ3v) is 5.31. The first kappa shape index (κ1) is 18.2. The van der Waals surface area contributed by atoms with Crippen LogP contribution in [-0.2, 0) is 6.42 Å². The van der Waals surface area contributed by atoms with E-state index in [0.717, 1.165) is 22.5 Å². The van der Waals surface area contributed by atoms with E-state index in [1.54, 1.807) is 10.9 Å². The lowest BCUT2D eigenvalue weighted by molar-refractivity contribution is 0.657. The van der Waals surface area contributed by atoms with E-state index >= 15 is 0 Å². The second-order valence-electron chi connectivity index (χ2n) is 7.49. The van der Waals surface area contributed by atoms with Crippen LogP contribution in [0.5, 0.6) is 0 Å². The fourth-order valence-electron chi connectivity index (χ4n) is 3.82. The van der Waals surface area contributed by atoms with Crippen molar-refractivity contribution in [3.05, 3.63) is 88.6 Å². The van der Waals surface area contributed by atoms with Gasteiger partial charge >= 0.3 is 0 Å². The predicted molar refractivity (Wildman–Crippen MR) is 116 cm³/mol. The molecule has 2 aromatic carbocycles. The van der Waals surface area contributed by atoms with Crippen molar-refractivity contribution in [3.8, 4) is 5.69 Å². The average Bonchev–Trinajstić information content (AvgIpc) is 3.24. The van der Waals surface area contributed by atoms with Crippen LogP contribution in [0.25, 0.3) is 27.8 Å². The van der Waals surface area contributed by atoms with Gasteiger partial charge in [0.2, 0.25) is 0 Å². The maximum absolute atomic E-state index is 13.5. The van der Waals surface area contributed by atoms with Crippen molar-refractivity contribution < 1.29 is 0 Å². The summed E-state index contributed by atoms with van der Waals surface area (Å²) in [4.78, 5) is 34.4. The number of benzene rings is 2. The summed E-state index contributed by atoms with van der Waals surface area (Å²) in [6.07, 6.45) is 3.73. The third kappa shape index (κ3) is 3.04. The van der Waals surface area contributed by atoms with Gasteiger partial charge in [-0.1, -0.05) is 36.8 Å². The molecule has 0 radical (unpaired) electrons. The van der Waals surface area contributed by atoms with E-state index in [0.29, 0.717) is 28.8 Å². The van der Waals surface area contributed by atoms with Crippen molar-refractivity contribution in [1.82, 2.24) is 29.5 Å². The molecular formula is C23H20N6O. The predicted octanol–water partition coefficient (Wildman–Crippen LogP) is 3.71. The van der Waals surface area contributed by atoms with Crippen LogP contribution in [0, 0.1) is 6.92 Å². The largest absolute Gasteiger partial charge is 0.342 e. The topological polar surface area (TPSA) is 89.3 Å². The second kappa shape index (κ2) is 7.18. The smallest absolute Gasteiger partial charge is 0.265 e.